The average molecular weight is 239 g/mol. The van der Waals surface area contributed by atoms with Gasteiger partial charge in [0.15, 0.2) is 0 Å². The second kappa shape index (κ2) is 3.74. The molecule has 1 aliphatic rings. The zero-order valence-corrected chi connectivity index (χ0v) is 9.74. The number of nitrogens with zero attached hydrogens (tertiary/aromatic N) is 1. The fourth-order valence-corrected chi connectivity index (χ4v) is 3.36. The third-order valence-electron chi connectivity index (χ3n) is 2.79. The van der Waals surface area contributed by atoms with Crippen molar-refractivity contribution in [3.05, 3.63) is 28.2 Å². The normalized spacial score (nSPS) is 21.3. The molecule has 15 heavy (non-hydrogen) atoms. The van der Waals surface area contributed by atoms with Gasteiger partial charge in [-0.1, -0.05) is 17.7 Å². The Labute approximate surface area is 97.3 Å². The highest BCUT2D eigenvalue weighted by atomic mass is 35.5. The molecule has 1 aromatic heterocycles. The molecule has 0 radical (unpaired) electrons. The monoisotopic (exact) mass is 238 g/mol. The van der Waals surface area contributed by atoms with Crippen molar-refractivity contribution in [2.24, 2.45) is 0 Å². The first-order chi connectivity index (χ1) is 7.34. The van der Waals surface area contributed by atoms with Gasteiger partial charge in [0, 0.05) is 12.5 Å². The van der Waals surface area contributed by atoms with Crippen molar-refractivity contribution in [2.75, 3.05) is 13.1 Å². The first-order valence-corrected chi connectivity index (χ1v) is 6.30. The lowest BCUT2D eigenvalue weighted by Gasteiger charge is -2.00. The van der Waals surface area contributed by atoms with Crippen LogP contribution in [0.3, 0.4) is 0 Å². The van der Waals surface area contributed by atoms with Gasteiger partial charge in [-0.2, -0.15) is 0 Å². The van der Waals surface area contributed by atoms with E-state index in [1.54, 1.807) is 11.3 Å². The summed E-state index contributed by atoms with van der Waals surface area (Å²) in [6, 6.07) is 5.92. The van der Waals surface area contributed by atoms with Crippen molar-refractivity contribution in [1.82, 2.24) is 10.3 Å². The fourth-order valence-electron chi connectivity index (χ4n) is 1.97. The molecule has 1 N–H and O–H groups in total. The zero-order chi connectivity index (χ0) is 10.3. The number of thiazole rings is 1. The van der Waals surface area contributed by atoms with Gasteiger partial charge in [0.2, 0.25) is 0 Å². The molecule has 0 amide bonds. The number of rotatable bonds is 1. The summed E-state index contributed by atoms with van der Waals surface area (Å²) in [6.45, 7) is 2.16. The first kappa shape index (κ1) is 9.58. The topological polar surface area (TPSA) is 24.9 Å². The minimum atomic E-state index is 0.582. The summed E-state index contributed by atoms with van der Waals surface area (Å²) in [5, 5.41) is 5.41. The van der Waals surface area contributed by atoms with Crippen LogP contribution in [-0.2, 0) is 0 Å². The number of nitrogens with one attached hydrogen (secondary N) is 1. The molecule has 2 aromatic rings. The van der Waals surface area contributed by atoms with Gasteiger partial charge in [-0.05, 0) is 25.1 Å². The highest BCUT2D eigenvalue weighted by molar-refractivity contribution is 7.19. The van der Waals surface area contributed by atoms with Crippen molar-refractivity contribution in [3.63, 3.8) is 0 Å². The summed E-state index contributed by atoms with van der Waals surface area (Å²) in [7, 11) is 0. The lowest BCUT2D eigenvalue weighted by molar-refractivity contribution is 0.758. The van der Waals surface area contributed by atoms with Crippen molar-refractivity contribution in [1.29, 1.82) is 0 Å². The first-order valence-electron chi connectivity index (χ1n) is 5.10. The van der Waals surface area contributed by atoms with Gasteiger partial charge in [0.05, 0.1) is 20.2 Å². The molecule has 1 atom stereocenters. The summed E-state index contributed by atoms with van der Waals surface area (Å²) >= 11 is 7.87. The molecule has 1 aromatic carbocycles. The SMILES string of the molecule is Clc1cccc2nc(C3CCNC3)sc12. The largest absolute Gasteiger partial charge is 0.316 e. The smallest absolute Gasteiger partial charge is 0.0983 e. The Balaban J connectivity index is 2.09. The second-order valence-electron chi connectivity index (χ2n) is 3.83. The molecule has 3 rings (SSSR count). The van der Waals surface area contributed by atoms with Crippen molar-refractivity contribution >= 4 is 33.2 Å². The number of benzene rings is 1. The molecule has 1 aliphatic heterocycles. The van der Waals surface area contributed by atoms with Gasteiger partial charge in [-0.15, -0.1) is 11.3 Å². The van der Waals surface area contributed by atoms with E-state index in [9.17, 15) is 0 Å². The van der Waals surface area contributed by atoms with E-state index in [1.165, 1.54) is 11.4 Å². The van der Waals surface area contributed by atoms with Gasteiger partial charge in [-0.3, -0.25) is 0 Å². The predicted molar refractivity (Wildman–Crippen MR) is 64.9 cm³/mol. The number of halogens is 1. The maximum absolute atomic E-state index is 6.13. The number of hydrogen-bond donors (Lipinski definition) is 1. The Morgan fingerprint density at radius 2 is 2.40 bits per heavy atom. The van der Waals surface area contributed by atoms with Crippen molar-refractivity contribution in [2.45, 2.75) is 12.3 Å². The van der Waals surface area contributed by atoms with Crippen LogP contribution in [0.2, 0.25) is 5.02 Å². The molecule has 0 bridgehead atoms. The predicted octanol–water partition coefficient (Wildman–Crippen LogP) is 3.03. The summed E-state index contributed by atoms with van der Waals surface area (Å²) in [6.07, 6.45) is 1.19. The molecule has 1 fully saturated rings. The van der Waals surface area contributed by atoms with E-state index in [4.69, 9.17) is 11.6 Å². The standard InChI is InChI=1S/C11H11ClN2S/c12-8-2-1-3-9-10(8)15-11(14-9)7-4-5-13-6-7/h1-3,7,13H,4-6H2. The van der Waals surface area contributed by atoms with Crippen LogP contribution in [0.4, 0.5) is 0 Å². The quantitative estimate of drug-likeness (QED) is 0.826. The summed E-state index contributed by atoms with van der Waals surface area (Å²) < 4.78 is 1.13. The summed E-state index contributed by atoms with van der Waals surface area (Å²) in [4.78, 5) is 4.65. The van der Waals surface area contributed by atoms with Gasteiger partial charge in [-0.25, -0.2) is 4.98 Å². The third-order valence-corrected chi connectivity index (χ3v) is 4.49. The minimum Gasteiger partial charge on any atom is -0.316 e. The molecular weight excluding hydrogens is 228 g/mol. The summed E-state index contributed by atoms with van der Waals surface area (Å²) in [5.41, 5.74) is 1.04. The van der Waals surface area contributed by atoms with E-state index >= 15 is 0 Å². The molecule has 0 spiro atoms. The molecule has 1 saturated heterocycles. The van der Waals surface area contributed by atoms with Crippen molar-refractivity contribution in [3.8, 4) is 0 Å². The highest BCUT2D eigenvalue weighted by Crippen LogP contribution is 2.34. The van der Waals surface area contributed by atoms with Crippen LogP contribution in [0.5, 0.6) is 0 Å². The molecule has 0 saturated carbocycles. The molecule has 4 heteroatoms. The van der Waals surface area contributed by atoms with E-state index in [-0.39, 0.29) is 0 Å². The fraction of sp³-hybridized carbons (Fsp3) is 0.364. The molecule has 1 unspecified atom stereocenters. The Bertz CT molecular complexity index is 488. The van der Waals surface area contributed by atoms with E-state index in [0.29, 0.717) is 5.92 Å². The number of aromatic nitrogens is 1. The Hall–Kier alpha value is -0.640. The summed E-state index contributed by atoms with van der Waals surface area (Å²) in [5.74, 6) is 0.582. The molecule has 78 valence electrons. The van der Waals surface area contributed by atoms with Crippen LogP contribution in [-0.4, -0.2) is 18.1 Å². The van der Waals surface area contributed by atoms with E-state index < -0.39 is 0 Å². The minimum absolute atomic E-state index is 0.582. The van der Waals surface area contributed by atoms with Gasteiger partial charge in [0.25, 0.3) is 0 Å². The van der Waals surface area contributed by atoms with E-state index in [2.05, 4.69) is 10.3 Å². The Kier molecular flexibility index (Phi) is 2.39. The third kappa shape index (κ3) is 1.65. The van der Waals surface area contributed by atoms with Crippen LogP contribution >= 0.6 is 22.9 Å². The lowest BCUT2D eigenvalue weighted by Crippen LogP contribution is -2.07. The van der Waals surface area contributed by atoms with Crippen LogP contribution < -0.4 is 5.32 Å². The van der Waals surface area contributed by atoms with Gasteiger partial charge in [0.1, 0.15) is 0 Å². The zero-order valence-electron chi connectivity index (χ0n) is 8.16. The second-order valence-corrected chi connectivity index (χ2v) is 5.27. The lowest BCUT2D eigenvalue weighted by atomic mass is 10.1. The van der Waals surface area contributed by atoms with E-state index in [0.717, 1.165) is 28.3 Å². The van der Waals surface area contributed by atoms with Crippen LogP contribution in [0.25, 0.3) is 10.2 Å². The van der Waals surface area contributed by atoms with Gasteiger partial charge < -0.3 is 5.32 Å². The van der Waals surface area contributed by atoms with Crippen LogP contribution in [0, 0.1) is 0 Å². The number of fused-ring (bicyclic) bond motifs is 1. The molecule has 2 nitrogen and oxygen atoms in total. The van der Waals surface area contributed by atoms with Crippen LogP contribution in [0.15, 0.2) is 18.2 Å². The molecule has 0 aliphatic carbocycles. The van der Waals surface area contributed by atoms with Crippen LogP contribution in [0.1, 0.15) is 17.3 Å². The average Bonchev–Trinajstić information content (AvgIpc) is 2.86. The van der Waals surface area contributed by atoms with E-state index in [1.807, 2.05) is 18.2 Å². The number of hydrogen-bond acceptors (Lipinski definition) is 3. The van der Waals surface area contributed by atoms with Crippen molar-refractivity contribution < 1.29 is 0 Å². The maximum Gasteiger partial charge on any atom is 0.0983 e. The molecular formula is C11H11ClN2S. The molecule has 2 heterocycles. The Morgan fingerprint density at radius 1 is 1.47 bits per heavy atom. The maximum atomic E-state index is 6.13. The van der Waals surface area contributed by atoms with Gasteiger partial charge >= 0.3 is 0 Å². The Morgan fingerprint density at radius 3 is 3.13 bits per heavy atom. The highest BCUT2D eigenvalue weighted by Gasteiger charge is 2.20.